The fourth-order valence-corrected chi connectivity index (χ4v) is 4.24. The van der Waals surface area contributed by atoms with Crippen molar-refractivity contribution in [2.75, 3.05) is 23.9 Å². The Kier molecular flexibility index (Phi) is 6.32. The monoisotopic (exact) mass is 506 g/mol. The molecule has 0 spiro atoms. The van der Waals surface area contributed by atoms with E-state index in [1.54, 1.807) is 22.9 Å². The minimum Gasteiger partial charge on any atom is -0.368 e. The first kappa shape index (κ1) is 24.3. The Labute approximate surface area is 198 Å². The SMILES string of the molecule is C[C@H](Cn1cncn1)c1cc(-c2cccc(S(C)(=O)=O)c2)nc2c(NCC(F)(F)F)nc(N)nc12. The van der Waals surface area contributed by atoms with Crippen molar-refractivity contribution in [3.05, 3.63) is 48.5 Å². The highest BCUT2D eigenvalue weighted by Gasteiger charge is 2.28. The van der Waals surface area contributed by atoms with Crippen molar-refractivity contribution in [2.45, 2.75) is 30.5 Å². The summed E-state index contributed by atoms with van der Waals surface area (Å²) < 4.78 is 64.5. The standard InChI is InChI=1S/C21H21F3N8O2S/c1-12(8-32-11-26-10-28-32)15-7-16(13-4-3-5-14(6-13)35(2,33)34)29-18-17(15)30-20(25)31-19(18)27-9-21(22,23)24/h3-7,10-12H,8-9H2,1-2H3,(H3,25,27,30,31)/t12-/m1/s1. The number of rotatable bonds is 7. The fraction of sp³-hybridized carbons (Fsp3) is 0.286. The highest BCUT2D eigenvalue weighted by atomic mass is 32.2. The van der Waals surface area contributed by atoms with Gasteiger partial charge in [0.1, 0.15) is 30.2 Å². The lowest BCUT2D eigenvalue weighted by molar-refractivity contribution is -0.115. The van der Waals surface area contributed by atoms with Gasteiger partial charge in [0.2, 0.25) is 5.95 Å². The number of benzene rings is 1. The van der Waals surface area contributed by atoms with E-state index < -0.39 is 22.6 Å². The molecule has 0 aliphatic rings. The minimum atomic E-state index is -4.50. The summed E-state index contributed by atoms with van der Waals surface area (Å²) in [5.74, 6) is -0.644. The molecule has 0 radical (unpaired) electrons. The van der Waals surface area contributed by atoms with Gasteiger partial charge in [0.15, 0.2) is 15.7 Å². The molecule has 14 heteroatoms. The summed E-state index contributed by atoms with van der Waals surface area (Å²) in [6, 6.07) is 7.85. The summed E-state index contributed by atoms with van der Waals surface area (Å²) in [5.41, 5.74) is 7.59. The van der Waals surface area contributed by atoms with E-state index in [0.29, 0.717) is 23.4 Å². The minimum absolute atomic E-state index is 0.0751. The summed E-state index contributed by atoms with van der Waals surface area (Å²) in [4.78, 5) is 16.7. The largest absolute Gasteiger partial charge is 0.405 e. The van der Waals surface area contributed by atoms with Crippen LogP contribution in [0.1, 0.15) is 18.4 Å². The number of alkyl halides is 3. The van der Waals surface area contributed by atoms with Crippen LogP contribution in [-0.4, -0.2) is 57.1 Å². The number of pyridine rings is 1. The average molecular weight is 507 g/mol. The topological polar surface area (TPSA) is 142 Å². The van der Waals surface area contributed by atoms with Crippen LogP contribution in [0.25, 0.3) is 22.3 Å². The molecule has 4 rings (SSSR count). The number of halogens is 3. The highest BCUT2D eigenvalue weighted by molar-refractivity contribution is 7.90. The van der Waals surface area contributed by atoms with Gasteiger partial charge in [0.25, 0.3) is 0 Å². The zero-order valence-electron chi connectivity index (χ0n) is 18.7. The Morgan fingerprint density at radius 3 is 2.57 bits per heavy atom. The van der Waals surface area contributed by atoms with Crippen molar-refractivity contribution in [1.29, 1.82) is 0 Å². The second kappa shape index (κ2) is 9.09. The van der Waals surface area contributed by atoms with Crippen molar-refractivity contribution in [2.24, 2.45) is 0 Å². The van der Waals surface area contributed by atoms with E-state index in [2.05, 4.69) is 30.4 Å². The molecule has 10 nitrogen and oxygen atoms in total. The Balaban J connectivity index is 1.92. The van der Waals surface area contributed by atoms with Crippen LogP contribution in [0, 0.1) is 0 Å². The van der Waals surface area contributed by atoms with Crippen molar-refractivity contribution in [3.63, 3.8) is 0 Å². The van der Waals surface area contributed by atoms with E-state index in [9.17, 15) is 21.6 Å². The number of sulfone groups is 1. The predicted octanol–water partition coefficient (Wildman–Crippen LogP) is 3.05. The summed E-state index contributed by atoms with van der Waals surface area (Å²) in [7, 11) is -3.50. The number of nitrogen functional groups attached to an aromatic ring is 1. The van der Waals surface area contributed by atoms with Crippen molar-refractivity contribution in [1.82, 2.24) is 29.7 Å². The zero-order valence-corrected chi connectivity index (χ0v) is 19.5. The molecule has 3 aromatic heterocycles. The van der Waals surface area contributed by atoms with E-state index in [1.165, 1.54) is 24.8 Å². The zero-order chi connectivity index (χ0) is 25.4. The number of nitrogens with zero attached hydrogens (tertiary/aromatic N) is 6. The molecule has 184 valence electrons. The average Bonchev–Trinajstić information content (AvgIpc) is 3.28. The van der Waals surface area contributed by atoms with Crippen LogP contribution in [0.2, 0.25) is 0 Å². The molecule has 0 saturated carbocycles. The van der Waals surface area contributed by atoms with Gasteiger partial charge in [0.05, 0.1) is 10.6 Å². The van der Waals surface area contributed by atoms with Crippen molar-refractivity contribution < 1.29 is 21.6 Å². The van der Waals surface area contributed by atoms with Crippen LogP contribution in [-0.2, 0) is 16.4 Å². The van der Waals surface area contributed by atoms with E-state index >= 15 is 0 Å². The highest BCUT2D eigenvalue weighted by Crippen LogP contribution is 2.33. The number of hydrogen-bond acceptors (Lipinski definition) is 9. The third-order valence-corrected chi connectivity index (χ3v) is 6.28. The molecular weight excluding hydrogens is 485 g/mol. The number of hydrogen-bond donors (Lipinski definition) is 2. The molecule has 0 fully saturated rings. The predicted molar refractivity (Wildman–Crippen MR) is 123 cm³/mol. The third kappa shape index (κ3) is 5.65. The third-order valence-electron chi connectivity index (χ3n) is 5.17. The first-order valence-electron chi connectivity index (χ1n) is 10.3. The van der Waals surface area contributed by atoms with Gasteiger partial charge in [-0.15, -0.1) is 0 Å². The number of anilines is 2. The Morgan fingerprint density at radius 1 is 1.14 bits per heavy atom. The molecule has 0 bridgehead atoms. The van der Waals surface area contributed by atoms with Gasteiger partial charge in [0, 0.05) is 24.3 Å². The molecule has 0 amide bonds. The number of aromatic nitrogens is 6. The Hall–Kier alpha value is -3.81. The molecule has 0 aliphatic carbocycles. The van der Waals surface area contributed by atoms with Gasteiger partial charge < -0.3 is 11.1 Å². The molecule has 35 heavy (non-hydrogen) atoms. The maximum atomic E-state index is 12.9. The van der Waals surface area contributed by atoms with Crippen LogP contribution in [0.15, 0.2) is 47.9 Å². The smallest absolute Gasteiger partial charge is 0.368 e. The first-order valence-corrected chi connectivity index (χ1v) is 12.2. The van der Waals surface area contributed by atoms with Gasteiger partial charge in [-0.1, -0.05) is 19.1 Å². The fourth-order valence-electron chi connectivity index (χ4n) is 3.57. The normalized spacial score (nSPS) is 13.2. The maximum absolute atomic E-state index is 12.9. The molecule has 3 heterocycles. The first-order chi connectivity index (χ1) is 16.4. The maximum Gasteiger partial charge on any atom is 0.405 e. The van der Waals surface area contributed by atoms with Crippen molar-refractivity contribution in [3.8, 4) is 11.3 Å². The van der Waals surface area contributed by atoms with Crippen LogP contribution in [0.3, 0.4) is 0 Å². The Bertz CT molecular complexity index is 1470. The van der Waals surface area contributed by atoms with Gasteiger partial charge in [-0.05, 0) is 23.8 Å². The molecule has 0 aliphatic heterocycles. The molecule has 0 saturated heterocycles. The van der Waals surface area contributed by atoms with Crippen LogP contribution in [0.4, 0.5) is 24.9 Å². The number of nitrogens with one attached hydrogen (secondary N) is 1. The molecule has 1 aromatic carbocycles. The number of nitrogens with two attached hydrogens (primary N) is 1. The molecule has 1 atom stereocenters. The molecular formula is C21H21F3N8O2S. The van der Waals surface area contributed by atoms with Gasteiger partial charge in [-0.25, -0.2) is 23.4 Å². The Morgan fingerprint density at radius 2 is 1.91 bits per heavy atom. The molecule has 0 unspecified atom stereocenters. The summed E-state index contributed by atoms with van der Waals surface area (Å²) in [6.45, 7) is 0.920. The van der Waals surface area contributed by atoms with Crippen LogP contribution in [0.5, 0.6) is 0 Å². The summed E-state index contributed by atoms with van der Waals surface area (Å²) in [5, 5.41) is 6.35. The van der Waals surface area contributed by atoms with Gasteiger partial charge in [-0.3, -0.25) is 4.68 Å². The lowest BCUT2D eigenvalue weighted by Crippen LogP contribution is -2.22. The number of fused-ring (bicyclic) bond motifs is 1. The molecule has 3 N–H and O–H groups in total. The van der Waals surface area contributed by atoms with E-state index in [0.717, 1.165) is 6.26 Å². The van der Waals surface area contributed by atoms with Crippen LogP contribution >= 0.6 is 0 Å². The lowest BCUT2D eigenvalue weighted by atomic mass is 9.97. The molecule has 4 aromatic rings. The van der Waals surface area contributed by atoms with E-state index in [-0.39, 0.29) is 33.6 Å². The quantitative estimate of drug-likeness (QED) is 0.387. The lowest BCUT2D eigenvalue weighted by Gasteiger charge is -2.18. The van der Waals surface area contributed by atoms with Gasteiger partial charge in [-0.2, -0.15) is 23.3 Å². The summed E-state index contributed by atoms with van der Waals surface area (Å²) in [6.07, 6.45) is -0.493. The van der Waals surface area contributed by atoms with E-state index in [1.807, 2.05) is 6.92 Å². The van der Waals surface area contributed by atoms with Crippen LogP contribution < -0.4 is 11.1 Å². The second-order valence-corrected chi connectivity index (χ2v) is 10.0. The second-order valence-electron chi connectivity index (χ2n) is 8.01. The van der Waals surface area contributed by atoms with E-state index in [4.69, 9.17) is 5.73 Å². The van der Waals surface area contributed by atoms with Gasteiger partial charge >= 0.3 is 6.18 Å². The summed E-state index contributed by atoms with van der Waals surface area (Å²) >= 11 is 0. The van der Waals surface area contributed by atoms with Crippen molar-refractivity contribution >= 4 is 32.6 Å².